The second-order valence-corrected chi connectivity index (χ2v) is 7.67. The SMILES string of the molecule is CCCN(CCC)c1cccc2nc(Nc3c(C)cc(Cl)cc3Cl)n(C)c12. The van der Waals surface area contributed by atoms with E-state index in [4.69, 9.17) is 28.2 Å². The number of aromatic nitrogens is 2. The summed E-state index contributed by atoms with van der Waals surface area (Å²) in [7, 11) is 2.04. The normalized spacial score (nSPS) is 11.2. The number of hydrogen-bond donors (Lipinski definition) is 1. The minimum absolute atomic E-state index is 0.589. The summed E-state index contributed by atoms with van der Waals surface area (Å²) in [5.74, 6) is 0.762. The van der Waals surface area contributed by atoms with E-state index in [0.717, 1.165) is 54.2 Å². The van der Waals surface area contributed by atoms with Gasteiger partial charge in [0.15, 0.2) is 0 Å². The summed E-state index contributed by atoms with van der Waals surface area (Å²) in [6.45, 7) is 8.47. The van der Waals surface area contributed by atoms with E-state index < -0.39 is 0 Å². The summed E-state index contributed by atoms with van der Waals surface area (Å²) < 4.78 is 2.10. The van der Waals surface area contributed by atoms with Crippen LogP contribution in [0.5, 0.6) is 0 Å². The number of nitrogens with zero attached hydrogens (tertiary/aromatic N) is 3. The number of rotatable bonds is 7. The molecule has 0 unspecified atom stereocenters. The van der Waals surface area contributed by atoms with Gasteiger partial charge in [-0.1, -0.05) is 43.1 Å². The number of aryl methyl sites for hydroxylation is 2. The molecule has 1 N–H and O–H groups in total. The first-order valence-corrected chi connectivity index (χ1v) is 10.1. The number of halogens is 2. The fraction of sp³-hybridized carbons (Fsp3) is 0.381. The van der Waals surface area contributed by atoms with E-state index in [-0.39, 0.29) is 0 Å². The summed E-state index contributed by atoms with van der Waals surface area (Å²) in [6.07, 6.45) is 2.22. The minimum Gasteiger partial charge on any atom is -0.370 e. The zero-order chi connectivity index (χ0) is 19.6. The second-order valence-electron chi connectivity index (χ2n) is 6.83. The quantitative estimate of drug-likeness (QED) is 0.483. The van der Waals surface area contributed by atoms with E-state index in [1.54, 1.807) is 6.07 Å². The van der Waals surface area contributed by atoms with Crippen LogP contribution in [-0.4, -0.2) is 22.6 Å². The van der Waals surface area contributed by atoms with Crippen molar-refractivity contribution in [3.05, 3.63) is 45.9 Å². The minimum atomic E-state index is 0.589. The van der Waals surface area contributed by atoms with Crippen molar-refractivity contribution in [2.75, 3.05) is 23.3 Å². The molecule has 3 aromatic rings. The Hall–Kier alpha value is -1.91. The second kappa shape index (κ2) is 8.41. The highest BCUT2D eigenvalue weighted by molar-refractivity contribution is 6.36. The van der Waals surface area contributed by atoms with Crippen LogP contribution < -0.4 is 10.2 Å². The monoisotopic (exact) mass is 404 g/mol. The average molecular weight is 405 g/mol. The highest BCUT2D eigenvalue weighted by Crippen LogP contribution is 2.34. The van der Waals surface area contributed by atoms with Crippen LogP contribution in [0, 0.1) is 6.92 Å². The first-order chi connectivity index (χ1) is 13.0. The third-order valence-corrected chi connectivity index (χ3v) is 5.21. The fourth-order valence-electron chi connectivity index (χ4n) is 3.48. The molecule has 144 valence electrons. The van der Waals surface area contributed by atoms with Crippen LogP contribution in [0.1, 0.15) is 32.3 Å². The van der Waals surface area contributed by atoms with Gasteiger partial charge in [0.05, 0.1) is 27.4 Å². The zero-order valence-electron chi connectivity index (χ0n) is 16.3. The van der Waals surface area contributed by atoms with Crippen LogP contribution in [0.4, 0.5) is 17.3 Å². The molecule has 0 radical (unpaired) electrons. The van der Waals surface area contributed by atoms with E-state index in [2.05, 4.69) is 46.8 Å². The van der Waals surface area contributed by atoms with Crippen LogP contribution in [0.2, 0.25) is 10.0 Å². The Bertz CT molecular complexity index is 920. The first-order valence-electron chi connectivity index (χ1n) is 9.39. The standard InChI is InChI=1S/C21H26Cl2N4/c1-5-10-27(11-6-2)18-9-7-8-17-20(18)26(4)21(24-17)25-19-14(3)12-15(22)13-16(19)23/h7-9,12-13H,5-6,10-11H2,1-4H3,(H,24,25). The van der Waals surface area contributed by atoms with E-state index in [9.17, 15) is 0 Å². The molecule has 1 heterocycles. The predicted octanol–water partition coefficient (Wildman–Crippen LogP) is 6.56. The molecule has 6 heteroatoms. The van der Waals surface area contributed by atoms with Gasteiger partial charge in [-0.25, -0.2) is 4.98 Å². The summed E-state index contributed by atoms with van der Waals surface area (Å²) in [4.78, 5) is 7.25. The van der Waals surface area contributed by atoms with E-state index in [1.165, 1.54) is 5.69 Å². The molecule has 0 amide bonds. The Morgan fingerprint density at radius 1 is 1.11 bits per heavy atom. The Balaban J connectivity index is 2.07. The van der Waals surface area contributed by atoms with Crippen molar-refractivity contribution in [2.45, 2.75) is 33.6 Å². The molecule has 0 atom stereocenters. The van der Waals surface area contributed by atoms with Crippen molar-refractivity contribution in [3.63, 3.8) is 0 Å². The maximum Gasteiger partial charge on any atom is 0.208 e. The van der Waals surface area contributed by atoms with Crippen LogP contribution in [-0.2, 0) is 7.05 Å². The van der Waals surface area contributed by atoms with Gasteiger partial charge >= 0.3 is 0 Å². The Morgan fingerprint density at radius 3 is 2.44 bits per heavy atom. The molecule has 0 aliphatic heterocycles. The van der Waals surface area contributed by atoms with Gasteiger partial charge in [-0.3, -0.25) is 0 Å². The molecule has 0 aliphatic rings. The topological polar surface area (TPSA) is 33.1 Å². The Labute approximate surface area is 171 Å². The predicted molar refractivity (Wildman–Crippen MR) is 118 cm³/mol. The largest absolute Gasteiger partial charge is 0.370 e. The van der Waals surface area contributed by atoms with Gasteiger partial charge in [-0.2, -0.15) is 0 Å². The molecule has 4 nitrogen and oxygen atoms in total. The van der Waals surface area contributed by atoms with Gasteiger partial charge in [0.25, 0.3) is 0 Å². The molecule has 0 saturated heterocycles. The molecule has 0 aliphatic carbocycles. The fourth-order valence-corrected chi connectivity index (χ4v) is 4.12. The van der Waals surface area contributed by atoms with Crippen LogP contribution in [0.3, 0.4) is 0 Å². The molecule has 1 aromatic heterocycles. The lowest BCUT2D eigenvalue weighted by atomic mass is 10.2. The Kier molecular flexibility index (Phi) is 6.18. The lowest BCUT2D eigenvalue weighted by molar-refractivity contribution is 0.745. The van der Waals surface area contributed by atoms with Gasteiger partial charge in [0, 0.05) is 25.2 Å². The van der Waals surface area contributed by atoms with Crippen molar-refractivity contribution >= 4 is 51.6 Å². The summed E-state index contributed by atoms with van der Waals surface area (Å²) >= 11 is 12.5. The third-order valence-electron chi connectivity index (χ3n) is 4.69. The average Bonchev–Trinajstić information content (AvgIpc) is 2.94. The van der Waals surface area contributed by atoms with Crippen LogP contribution >= 0.6 is 23.2 Å². The molecule has 3 rings (SSSR count). The summed E-state index contributed by atoms with van der Waals surface area (Å²) in [6, 6.07) is 9.95. The number of anilines is 3. The van der Waals surface area contributed by atoms with Crippen LogP contribution in [0.25, 0.3) is 11.0 Å². The zero-order valence-corrected chi connectivity index (χ0v) is 17.8. The first kappa shape index (κ1) is 19.8. The van der Waals surface area contributed by atoms with Gasteiger partial charge in [-0.05, 0) is 49.6 Å². The molecule has 0 bridgehead atoms. The van der Waals surface area contributed by atoms with Crippen molar-refractivity contribution in [3.8, 4) is 0 Å². The number of benzene rings is 2. The highest BCUT2D eigenvalue weighted by atomic mass is 35.5. The van der Waals surface area contributed by atoms with Gasteiger partial charge < -0.3 is 14.8 Å². The van der Waals surface area contributed by atoms with Crippen molar-refractivity contribution < 1.29 is 0 Å². The maximum atomic E-state index is 6.41. The molecule has 0 saturated carbocycles. The maximum absolute atomic E-state index is 6.41. The summed E-state index contributed by atoms with van der Waals surface area (Å²) in [5.41, 5.74) is 5.14. The van der Waals surface area contributed by atoms with E-state index >= 15 is 0 Å². The molecule has 27 heavy (non-hydrogen) atoms. The van der Waals surface area contributed by atoms with Gasteiger partial charge in [0.2, 0.25) is 5.95 Å². The van der Waals surface area contributed by atoms with E-state index in [0.29, 0.717) is 10.0 Å². The lowest BCUT2D eigenvalue weighted by Gasteiger charge is -2.25. The van der Waals surface area contributed by atoms with Crippen LogP contribution in [0.15, 0.2) is 30.3 Å². The van der Waals surface area contributed by atoms with E-state index in [1.807, 2.05) is 20.0 Å². The number of para-hydroxylation sites is 1. The molecule has 2 aromatic carbocycles. The number of imidazole rings is 1. The van der Waals surface area contributed by atoms with Crippen molar-refractivity contribution in [2.24, 2.45) is 7.05 Å². The van der Waals surface area contributed by atoms with Gasteiger partial charge in [0.1, 0.15) is 0 Å². The van der Waals surface area contributed by atoms with Gasteiger partial charge in [-0.15, -0.1) is 0 Å². The molecular weight excluding hydrogens is 379 g/mol. The molecule has 0 spiro atoms. The smallest absolute Gasteiger partial charge is 0.208 e. The Morgan fingerprint density at radius 2 is 1.81 bits per heavy atom. The number of fused-ring (bicyclic) bond motifs is 1. The number of nitrogens with one attached hydrogen (secondary N) is 1. The molecule has 0 fully saturated rings. The lowest BCUT2D eigenvalue weighted by Crippen LogP contribution is -2.25. The third kappa shape index (κ3) is 4.02. The molecular formula is C21H26Cl2N4. The highest BCUT2D eigenvalue weighted by Gasteiger charge is 2.17. The summed E-state index contributed by atoms with van der Waals surface area (Å²) in [5, 5.41) is 4.62. The van der Waals surface area contributed by atoms with Crippen molar-refractivity contribution in [1.29, 1.82) is 0 Å². The number of hydrogen-bond acceptors (Lipinski definition) is 3. The van der Waals surface area contributed by atoms with Crippen molar-refractivity contribution in [1.82, 2.24) is 9.55 Å².